The van der Waals surface area contributed by atoms with Crippen LogP contribution in [0.25, 0.3) is 5.65 Å². The van der Waals surface area contributed by atoms with Crippen LogP contribution >= 0.6 is 0 Å². The fourth-order valence-electron chi connectivity index (χ4n) is 4.21. The molecule has 13 nitrogen and oxygen atoms in total. The number of ether oxygens (including phenoxy) is 1. The molecule has 198 valence electrons. The molecule has 3 aromatic rings. The molecule has 1 aliphatic carbocycles. The third-order valence-corrected chi connectivity index (χ3v) is 6.21. The van der Waals surface area contributed by atoms with Gasteiger partial charge in [0.05, 0.1) is 25.6 Å². The van der Waals surface area contributed by atoms with Crippen LogP contribution in [0.3, 0.4) is 0 Å². The molecule has 1 unspecified atom stereocenters. The van der Waals surface area contributed by atoms with Crippen molar-refractivity contribution in [1.82, 2.24) is 34.4 Å². The van der Waals surface area contributed by atoms with Crippen LogP contribution in [0.2, 0.25) is 0 Å². The number of fused-ring (bicyclic) bond motifs is 1. The Morgan fingerprint density at radius 1 is 1.19 bits per heavy atom. The zero-order valence-electron chi connectivity index (χ0n) is 21.1. The lowest BCUT2D eigenvalue weighted by atomic mass is 9.96. The molecule has 1 atom stereocenters. The molecule has 37 heavy (non-hydrogen) atoms. The maximum atomic E-state index is 13.2. The molecule has 1 amide bonds. The Morgan fingerprint density at radius 3 is 2.54 bits per heavy atom. The minimum Gasteiger partial charge on any atom is -0.494 e. The van der Waals surface area contributed by atoms with E-state index < -0.39 is 23.6 Å². The Balaban J connectivity index is 1.45. The van der Waals surface area contributed by atoms with Crippen LogP contribution < -0.4 is 16.2 Å². The van der Waals surface area contributed by atoms with Crippen molar-refractivity contribution in [2.75, 3.05) is 31.6 Å². The van der Waals surface area contributed by atoms with E-state index in [0.29, 0.717) is 50.0 Å². The van der Waals surface area contributed by atoms with Crippen molar-refractivity contribution < 1.29 is 19.7 Å². The van der Waals surface area contributed by atoms with Crippen LogP contribution in [0, 0.1) is 5.41 Å². The van der Waals surface area contributed by atoms with Crippen molar-refractivity contribution in [1.29, 1.82) is 0 Å². The third-order valence-electron chi connectivity index (χ3n) is 6.21. The number of nitrogens with one attached hydrogen (secondary N) is 2. The minimum atomic E-state index is -0.886. The monoisotopic (exact) mass is 512 g/mol. The number of morpholine rings is 1. The fraction of sp³-hybridized carbons (Fsp3) is 0.542. The average molecular weight is 513 g/mol. The van der Waals surface area contributed by atoms with Crippen LogP contribution in [0.1, 0.15) is 55.9 Å². The van der Waals surface area contributed by atoms with E-state index in [0.717, 1.165) is 17.4 Å². The highest BCUT2D eigenvalue weighted by molar-refractivity contribution is 5.96. The third kappa shape index (κ3) is 5.43. The molecule has 1 saturated carbocycles. The number of anilines is 2. The zero-order valence-corrected chi connectivity index (χ0v) is 21.1. The van der Waals surface area contributed by atoms with Crippen molar-refractivity contribution in [3.05, 3.63) is 40.1 Å². The number of hydrogen-bond donors (Lipinski definition) is 4. The molecular weight excluding hydrogens is 480 g/mol. The summed E-state index contributed by atoms with van der Waals surface area (Å²) in [6, 6.07) is 1.63. The Kier molecular flexibility index (Phi) is 6.60. The first kappa shape index (κ1) is 25.1. The smallest absolute Gasteiger partial charge is 0.291 e. The Hall–Kier alpha value is -3.55. The molecule has 4 heterocycles. The first-order valence-corrected chi connectivity index (χ1v) is 12.4. The first-order chi connectivity index (χ1) is 17.6. The summed E-state index contributed by atoms with van der Waals surface area (Å²) in [5, 5.41) is 31.7. The van der Waals surface area contributed by atoms with E-state index in [1.165, 1.54) is 17.0 Å². The number of aromatic nitrogens is 5. The quantitative estimate of drug-likeness (QED) is 0.360. The predicted molar refractivity (Wildman–Crippen MR) is 134 cm³/mol. The summed E-state index contributed by atoms with van der Waals surface area (Å²) < 4.78 is 7.95. The first-order valence-electron chi connectivity index (χ1n) is 12.4. The van der Waals surface area contributed by atoms with Gasteiger partial charge in [0, 0.05) is 31.7 Å². The number of carbonyl (C=O) groups excluding carboxylic acids is 1. The van der Waals surface area contributed by atoms with E-state index in [4.69, 9.17) is 4.74 Å². The normalized spacial score (nSPS) is 17.6. The van der Waals surface area contributed by atoms with Crippen LogP contribution in [0.5, 0.6) is 5.88 Å². The van der Waals surface area contributed by atoms with Gasteiger partial charge in [-0.05, 0) is 18.3 Å². The SMILES string of the molecule is CC(C)(C)Cn1c(O)c(C(=O)NC2CC2)c(=O)n2nc(Nc3cnc(C(O)N4CCOCC4)cn3)cc12. The standard InChI is InChI=1S/C24H32N8O5/c1-24(2,3)13-31-18-10-16(29-32(18)23(36)19(22(31)35)20(33)27-14-4-5-14)28-17-12-25-15(11-26-17)21(34)30-6-8-37-9-7-30/h10-12,14,21,34-35H,4-9,13H2,1-3H3,(H,27,33)(H,26,28,29). The summed E-state index contributed by atoms with van der Waals surface area (Å²) in [7, 11) is 0. The number of rotatable bonds is 7. The number of aliphatic hydroxyl groups excluding tert-OH is 1. The molecule has 2 aliphatic rings. The molecule has 1 aliphatic heterocycles. The summed E-state index contributed by atoms with van der Waals surface area (Å²) in [6.07, 6.45) is 3.76. The van der Waals surface area contributed by atoms with E-state index in [9.17, 15) is 19.8 Å². The van der Waals surface area contributed by atoms with E-state index in [1.807, 2.05) is 25.7 Å². The number of nitrogens with zero attached hydrogens (tertiary/aromatic N) is 6. The second kappa shape index (κ2) is 9.72. The predicted octanol–water partition coefficient (Wildman–Crippen LogP) is 0.997. The molecule has 13 heteroatoms. The van der Waals surface area contributed by atoms with Crippen molar-refractivity contribution >= 4 is 23.2 Å². The lowest BCUT2D eigenvalue weighted by molar-refractivity contribution is -0.0624. The molecule has 1 saturated heterocycles. The van der Waals surface area contributed by atoms with Crippen LogP contribution in [0.4, 0.5) is 11.6 Å². The van der Waals surface area contributed by atoms with E-state index in [1.54, 1.807) is 6.07 Å². The molecular formula is C24H32N8O5. The molecule has 3 aromatic heterocycles. The largest absolute Gasteiger partial charge is 0.494 e. The Morgan fingerprint density at radius 2 is 1.92 bits per heavy atom. The maximum Gasteiger partial charge on any atom is 0.291 e. The summed E-state index contributed by atoms with van der Waals surface area (Å²) in [5.41, 5.74) is -0.574. The second-order valence-electron chi connectivity index (χ2n) is 10.7. The number of aliphatic hydroxyl groups is 1. The number of hydrogen-bond acceptors (Lipinski definition) is 10. The molecule has 2 fully saturated rings. The zero-order chi connectivity index (χ0) is 26.3. The Labute approximate surface area is 213 Å². The molecule has 4 N–H and O–H groups in total. The van der Waals surface area contributed by atoms with Gasteiger partial charge in [0.1, 0.15) is 17.2 Å². The van der Waals surface area contributed by atoms with Crippen molar-refractivity contribution in [3.63, 3.8) is 0 Å². The van der Waals surface area contributed by atoms with Gasteiger partial charge in [-0.25, -0.2) is 4.98 Å². The van der Waals surface area contributed by atoms with Gasteiger partial charge in [-0.2, -0.15) is 4.52 Å². The lowest BCUT2D eigenvalue weighted by Gasteiger charge is -2.30. The Bertz CT molecular complexity index is 1350. The van der Waals surface area contributed by atoms with Gasteiger partial charge in [-0.15, -0.1) is 5.10 Å². The highest BCUT2D eigenvalue weighted by Crippen LogP contribution is 2.27. The molecule has 5 rings (SSSR count). The summed E-state index contributed by atoms with van der Waals surface area (Å²) in [6.45, 7) is 8.61. The van der Waals surface area contributed by atoms with Gasteiger partial charge in [-0.3, -0.25) is 24.0 Å². The topological polar surface area (TPSA) is 159 Å². The summed E-state index contributed by atoms with van der Waals surface area (Å²) in [5.74, 6) is -0.361. The van der Waals surface area contributed by atoms with E-state index in [2.05, 4.69) is 25.7 Å². The summed E-state index contributed by atoms with van der Waals surface area (Å²) >= 11 is 0. The molecule has 0 spiro atoms. The van der Waals surface area contributed by atoms with Crippen molar-refractivity contribution in [2.45, 2.75) is 52.4 Å². The van der Waals surface area contributed by atoms with E-state index >= 15 is 0 Å². The maximum absolute atomic E-state index is 13.2. The van der Waals surface area contributed by atoms with Gasteiger partial charge in [0.15, 0.2) is 17.6 Å². The summed E-state index contributed by atoms with van der Waals surface area (Å²) in [4.78, 5) is 36.5. The van der Waals surface area contributed by atoms with Crippen molar-refractivity contribution in [2.24, 2.45) is 5.41 Å². The average Bonchev–Trinajstić information content (AvgIpc) is 3.57. The van der Waals surface area contributed by atoms with Gasteiger partial charge in [-0.1, -0.05) is 20.8 Å². The van der Waals surface area contributed by atoms with Crippen LogP contribution in [-0.2, 0) is 11.3 Å². The van der Waals surface area contributed by atoms with E-state index in [-0.39, 0.29) is 22.8 Å². The second-order valence-corrected chi connectivity index (χ2v) is 10.7. The number of aromatic hydroxyl groups is 1. The van der Waals surface area contributed by atoms with Crippen LogP contribution in [-0.4, -0.2) is 77.5 Å². The highest BCUT2D eigenvalue weighted by Gasteiger charge is 2.30. The van der Waals surface area contributed by atoms with Gasteiger partial charge in [0.25, 0.3) is 11.5 Å². The van der Waals surface area contributed by atoms with Gasteiger partial charge >= 0.3 is 0 Å². The number of amides is 1. The highest BCUT2D eigenvalue weighted by atomic mass is 16.5. The molecule has 0 bridgehead atoms. The fourth-order valence-corrected chi connectivity index (χ4v) is 4.21. The van der Waals surface area contributed by atoms with Crippen molar-refractivity contribution in [3.8, 4) is 5.88 Å². The molecule has 0 aromatic carbocycles. The van der Waals surface area contributed by atoms with Gasteiger partial charge < -0.3 is 25.6 Å². The number of carbonyl (C=O) groups is 1. The minimum absolute atomic E-state index is 0.0243. The van der Waals surface area contributed by atoms with Gasteiger partial charge in [0.2, 0.25) is 5.88 Å². The lowest BCUT2D eigenvalue weighted by Crippen LogP contribution is -2.39. The molecule has 0 radical (unpaired) electrons. The van der Waals surface area contributed by atoms with Crippen LogP contribution in [0.15, 0.2) is 23.3 Å².